The third kappa shape index (κ3) is 6.21. The maximum atomic E-state index is 8.33. The number of para-hydroxylation sites is 1. The van der Waals surface area contributed by atoms with Crippen molar-refractivity contribution in [2.75, 3.05) is 0 Å². The Balaban J connectivity index is 0.000000357. The molecule has 4 nitrogen and oxygen atoms in total. The summed E-state index contributed by atoms with van der Waals surface area (Å²) < 4.78 is 7.00. The first kappa shape index (κ1) is 14.5. The van der Waals surface area contributed by atoms with E-state index in [0.29, 0.717) is 0 Å². The Labute approximate surface area is 120 Å². The molecular weight excluding hydrogens is 429 g/mol. The predicted octanol–water partition coefficient (Wildman–Crippen LogP) is -0.174. The van der Waals surface area contributed by atoms with E-state index >= 15 is 0 Å². The number of hydrogen-bond acceptors (Lipinski definition) is 4. The first-order valence-electron chi connectivity index (χ1n) is 4.98. The Bertz CT molecular complexity index is 478. The molecule has 0 atom stereocenters. The number of hydrogen-bond donors (Lipinski definition) is 0. The number of carbonyl (C=O) groups is 1. The van der Waals surface area contributed by atoms with Crippen molar-refractivity contribution in [1.29, 1.82) is 0 Å². The zero-order valence-electron chi connectivity index (χ0n) is 9.28. The molecule has 0 aliphatic rings. The molecule has 0 heterocycles. The molecule has 0 aliphatic carbocycles. The van der Waals surface area contributed by atoms with E-state index in [4.69, 9.17) is 19.7 Å². The van der Waals surface area contributed by atoms with Crippen molar-refractivity contribution in [3.63, 3.8) is 0 Å². The summed E-state index contributed by atoms with van der Waals surface area (Å²) in [5, 5.41) is 16.7. The standard InChI is InChI=1S/C12H9O.CH2O3.Bi/c1-3-7-11(8-4-1)13-12-9-5-2-6-10-12;2-1(3)4;/h1,3-10H;(H2,2,3,4);/q;;+2/p-2. The van der Waals surface area contributed by atoms with Crippen LogP contribution < -0.4 is 18.2 Å². The van der Waals surface area contributed by atoms with Crippen molar-refractivity contribution in [3.8, 4) is 11.5 Å². The van der Waals surface area contributed by atoms with E-state index in [0.717, 1.165) is 11.5 Å². The minimum absolute atomic E-state index is 0.881. The molecule has 0 amide bonds. The van der Waals surface area contributed by atoms with Gasteiger partial charge in [-0.3, -0.25) is 0 Å². The van der Waals surface area contributed by atoms with Crippen molar-refractivity contribution < 1.29 is 19.7 Å². The average Bonchev–Trinajstić information content (AvgIpc) is 2.33. The molecule has 90 valence electrons. The molecule has 5 heteroatoms. The molecule has 2 radical (unpaired) electrons. The fraction of sp³-hybridized carbons (Fsp3) is 0. The van der Waals surface area contributed by atoms with Crippen LogP contribution in [0.15, 0.2) is 54.6 Å². The van der Waals surface area contributed by atoms with E-state index in [9.17, 15) is 0 Å². The van der Waals surface area contributed by atoms with Gasteiger partial charge in [-0.05, 0) is 6.16 Å². The van der Waals surface area contributed by atoms with Crippen molar-refractivity contribution in [2.24, 2.45) is 0 Å². The van der Waals surface area contributed by atoms with Gasteiger partial charge in [0, 0.05) is 0 Å². The molecule has 0 fully saturated rings. The van der Waals surface area contributed by atoms with Crippen molar-refractivity contribution in [3.05, 3.63) is 54.6 Å². The molecule has 2 aromatic rings. The van der Waals surface area contributed by atoms with Crippen LogP contribution in [0.5, 0.6) is 11.5 Å². The number of carbonyl (C=O) groups excluding carboxylic acids is 1. The van der Waals surface area contributed by atoms with Gasteiger partial charge in [0.2, 0.25) is 0 Å². The van der Waals surface area contributed by atoms with Crippen LogP contribution in [0.3, 0.4) is 0 Å². The number of rotatable bonds is 2. The molecule has 2 aromatic carbocycles. The van der Waals surface area contributed by atoms with E-state index in [2.05, 4.69) is 12.1 Å². The zero-order chi connectivity index (χ0) is 13.4. The Hall–Kier alpha value is -1.61. The van der Waals surface area contributed by atoms with Crippen LogP contribution in [-0.2, 0) is 0 Å². The second-order valence-electron chi connectivity index (χ2n) is 3.16. The summed E-state index contributed by atoms with van der Waals surface area (Å²) in [5.41, 5.74) is 0. The van der Waals surface area contributed by atoms with E-state index in [1.54, 1.807) is 0 Å². The van der Waals surface area contributed by atoms with Gasteiger partial charge in [0.1, 0.15) is 0 Å². The summed E-state index contributed by atoms with van der Waals surface area (Å²) in [5.74, 6) is 1.78. The number of ether oxygens (including phenoxy) is 1. The summed E-state index contributed by atoms with van der Waals surface area (Å²) in [6.45, 7) is 0. The van der Waals surface area contributed by atoms with E-state index in [1.807, 2.05) is 42.5 Å². The summed E-state index contributed by atoms with van der Waals surface area (Å²) in [6.07, 6.45) is -2.33. The molecular formula is C13H9BiO4. The minimum atomic E-state index is -2.33. The van der Waals surface area contributed by atoms with Crippen LogP contribution in [0.2, 0.25) is 0 Å². The van der Waals surface area contributed by atoms with Crippen LogP contribution in [0, 0.1) is 0 Å². The molecule has 0 saturated heterocycles. The normalized spacial score (nSPS) is 8.89. The van der Waals surface area contributed by atoms with Gasteiger partial charge in [0.05, 0.1) is 0 Å². The molecule has 0 aromatic heterocycles. The summed E-state index contributed by atoms with van der Waals surface area (Å²) >= 11 is 1.28. The van der Waals surface area contributed by atoms with E-state index < -0.39 is 6.16 Å². The second kappa shape index (κ2) is 7.67. The number of benzene rings is 2. The predicted molar refractivity (Wildman–Crippen MR) is 63.7 cm³/mol. The van der Waals surface area contributed by atoms with Crippen LogP contribution in [0.25, 0.3) is 0 Å². The fourth-order valence-corrected chi connectivity index (χ4v) is 1.72. The van der Waals surface area contributed by atoms with Gasteiger partial charge in [-0.15, -0.1) is 0 Å². The zero-order valence-corrected chi connectivity index (χ0v) is 12.8. The van der Waals surface area contributed by atoms with Crippen molar-refractivity contribution in [1.82, 2.24) is 0 Å². The quantitative estimate of drug-likeness (QED) is 0.611. The van der Waals surface area contributed by atoms with Gasteiger partial charge in [-0.25, -0.2) is 0 Å². The van der Waals surface area contributed by atoms with Gasteiger partial charge in [-0.1, -0.05) is 0 Å². The number of carboxylic acid groups (broad SMARTS) is 2. The van der Waals surface area contributed by atoms with Crippen molar-refractivity contribution >= 4 is 34.1 Å². The third-order valence-corrected chi connectivity index (χ3v) is 2.97. The maximum absolute atomic E-state index is 8.33. The molecule has 0 bridgehead atoms. The fourth-order valence-electron chi connectivity index (χ4n) is 1.14. The average molecular weight is 438 g/mol. The van der Waals surface area contributed by atoms with Crippen LogP contribution in [-0.4, -0.2) is 30.9 Å². The monoisotopic (exact) mass is 438 g/mol. The Morgan fingerprint density at radius 2 is 1.33 bits per heavy atom. The first-order valence-corrected chi connectivity index (χ1v) is 6.71. The topological polar surface area (TPSA) is 72.4 Å². The molecule has 0 unspecified atom stereocenters. The Morgan fingerprint density at radius 1 is 0.889 bits per heavy atom. The summed E-state index contributed by atoms with van der Waals surface area (Å²) in [7, 11) is 0. The first-order chi connectivity index (χ1) is 8.58. The summed E-state index contributed by atoms with van der Waals surface area (Å²) in [6, 6.07) is 18.0. The SMILES string of the molecule is O=C([O-])[O-].[Bi+2][c]1ccc(Oc2ccccc2)cc1. The van der Waals surface area contributed by atoms with Crippen LogP contribution in [0.4, 0.5) is 4.79 Å². The van der Waals surface area contributed by atoms with Crippen LogP contribution >= 0.6 is 0 Å². The Kier molecular flexibility index (Phi) is 6.16. The molecule has 0 aliphatic heterocycles. The van der Waals surface area contributed by atoms with Crippen LogP contribution in [0.1, 0.15) is 0 Å². The Morgan fingerprint density at radius 3 is 1.83 bits per heavy atom. The van der Waals surface area contributed by atoms with Gasteiger partial charge >= 0.3 is 98.8 Å². The summed E-state index contributed by atoms with van der Waals surface area (Å²) in [4.78, 5) is 8.33. The molecule has 2 rings (SSSR count). The molecule has 0 spiro atoms. The van der Waals surface area contributed by atoms with Gasteiger partial charge in [-0.2, -0.15) is 0 Å². The second-order valence-corrected chi connectivity index (χ2v) is 5.17. The molecule has 0 saturated carbocycles. The van der Waals surface area contributed by atoms with Gasteiger partial charge in [0.25, 0.3) is 0 Å². The van der Waals surface area contributed by atoms with Gasteiger partial charge < -0.3 is 15.0 Å². The molecule has 0 N–H and O–H groups in total. The third-order valence-electron chi connectivity index (χ3n) is 1.82. The van der Waals surface area contributed by atoms with Crippen molar-refractivity contribution in [2.45, 2.75) is 0 Å². The van der Waals surface area contributed by atoms with Gasteiger partial charge in [0.15, 0.2) is 0 Å². The van der Waals surface area contributed by atoms with E-state index in [1.165, 1.54) is 28.0 Å². The molecule has 18 heavy (non-hydrogen) atoms. The van der Waals surface area contributed by atoms with E-state index in [-0.39, 0.29) is 0 Å².